The van der Waals surface area contributed by atoms with Crippen LogP contribution in [0.3, 0.4) is 0 Å². The smallest absolute Gasteiger partial charge is 0.191 e. The number of nitrogens with one attached hydrogen (secondary N) is 2. The van der Waals surface area contributed by atoms with Crippen LogP contribution in [-0.2, 0) is 17.9 Å². The van der Waals surface area contributed by atoms with E-state index in [1.807, 2.05) is 36.4 Å². The van der Waals surface area contributed by atoms with Crippen molar-refractivity contribution in [3.8, 4) is 5.75 Å². The molecule has 0 aliphatic rings. The number of ether oxygens (including phenoxy) is 2. The van der Waals surface area contributed by atoms with E-state index in [1.54, 1.807) is 14.2 Å². The second-order valence-corrected chi connectivity index (χ2v) is 5.62. The summed E-state index contributed by atoms with van der Waals surface area (Å²) in [7, 11) is 3.48. The van der Waals surface area contributed by atoms with Gasteiger partial charge < -0.3 is 20.1 Å². The molecule has 0 saturated heterocycles. The lowest BCUT2D eigenvalue weighted by Crippen LogP contribution is -2.37. The van der Waals surface area contributed by atoms with Gasteiger partial charge in [-0.1, -0.05) is 42.5 Å². The predicted octanol–water partition coefficient (Wildman–Crippen LogP) is 3.59. The van der Waals surface area contributed by atoms with Crippen LogP contribution in [0, 0.1) is 0 Å². The van der Waals surface area contributed by atoms with Gasteiger partial charge in [0, 0.05) is 27.2 Å². The minimum absolute atomic E-state index is 0. The standard InChI is InChI=1S/C20H27N3O2.HI/c1-21-20(22-12-7-13-25-19-10-4-3-5-11-19)23-15-17-8-6-9-18(14-17)16-24-2;/h3-6,8-11,14H,7,12-13,15-16H2,1-2H3,(H2,21,22,23);1H. The Labute approximate surface area is 173 Å². The molecule has 0 amide bonds. The summed E-state index contributed by atoms with van der Waals surface area (Å²) >= 11 is 0. The van der Waals surface area contributed by atoms with Crippen LogP contribution in [0.4, 0.5) is 0 Å². The molecule has 0 unspecified atom stereocenters. The maximum absolute atomic E-state index is 5.67. The van der Waals surface area contributed by atoms with Gasteiger partial charge in [0.25, 0.3) is 0 Å². The van der Waals surface area contributed by atoms with Crippen LogP contribution in [0.25, 0.3) is 0 Å². The van der Waals surface area contributed by atoms with Crippen molar-refractivity contribution in [1.82, 2.24) is 10.6 Å². The highest BCUT2D eigenvalue weighted by molar-refractivity contribution is 14.0. The zero-order chi connectivity index (χ0) is 17.7. The first-order valence-electron chi connectivity index (χ1n) is 8.51. The van der Waals surface area contributed by atoms with E-state index in [1.165, 1.54) is 11.1 Å². The number of aliphatic imine (C=N–C) groups is 1. The van der Waals surface area contributed by atoms with E-state index in [0.717, 1.165) is 31.2 Å². The molecule has 6 heteroatoms. The molecule has 2 N–H and O–H groups in total. The van der Waals surface area contributed by atoms with Gasteiger partial charge in [-0.15, -0.1) is 24.0 Å². The third-order valence-corrected chi connectivity index (χ3v) is 3.61. The molecule has 0 aliphatic carbocycles. The molecule has 0 aromatic heterocycles. The molecule has 0 saturated carbocycles. The zero-order valence-electron chi connectivity index (χ0n) is 15.4. The second kappa shape index (κ2) is 13.4. The molecule has 5 nitrogen and oxygen atoms in total. The maximum atomic E-state index is 5.67. The van der Waals surface area contributed by atoms with E-state index in [0.29, 0.717) is 13.2 Å². The van der Waals surface area contributed by atoms with Gasteiger partial charge in [0.15, 0.2) is 5.96 Å². The molecule has 0 aliphatic heterocycles. The van der Waals surface area contributed by atoms with E-state index < -0.39 is 0 Å². The summed E-state index contributed by atoms with van der Waals surface area (Å²) in [6.45, 7) is 2.82. The van der Waals surface area contributed by atoms with Crippen molar-refractivity contribution in [2.45, 2.75) is 19.6 Å². The lowest BCUT2D eigenvalue weighted by molar-refractivity contribution is 0.185. The largest absolute Gasteiger partial charge is 0.494 e. The third-order valence-electron chi connectivity index (χ3n) is 3.61. The first-order chi connectivity index (χ1) is 12.3. The van der Waals surface area contributed by atoms with Crippen molar-refractivity contribution in [2.24, 2.45) is 4.99 Å². The molecule has 0 bridgehead atoms. The van der Waals surface area contributed by atoms with Crippen LogP contribution in [0.15, 0.2) is 59.6 Å². The molecule has 0 fully saturated rings. The van der Waals surface area contributed by atoms with Crippen LogP contribution in [0.1, 0.15) is 17.5 Å². The summed E-state index contributed by atoms with van der Waals surface area (Å²) in [4.78, 5) is 4.25. The molecule has 0 radical (unpaired) electrons. The Balaban J connectivity index is 0.00000338. The van der Waals surface area contributed by atoms with Gasteiger partial charge in [0.2, 0.25) is 0 Å². The Morgan fingerprint density at radius 1 is 1.00 bits per heavy atom. The summed E-state index contributed by atoms with van der Waals surface area (Å²) < 4.78 is 10.8. The molecule has 0 heterocycles. The summed E-state index contributed by atoms with van der Waals surface area (Å²) in [5.41, 5.74) is 2.37. The van der Waals surface area contributed by atoms with E-state index >= 15 is 0 Å². The third kappa shape index (κ3) is 8.53. The lowest BCUT2D eigenvalue weighted by atomic mass is 10.1. The number of rotatable bonds is 9. The molecule has 2 aromatic rings. The molecular weight excluding hydrogens is 441 g/mol. The fourth-order valence-corrected chi connectivity index (χ4v) is 2.39. The van der Waals surface area contributed by atoms with Crippen LogP contribution >= 0.6 is 24.0 Å². The maximum Gasteiger partial charge on any atom is 0.191 e. The molecule has 0 spiro atoms. The number of guanidine groups is 1. The van der Waals surface area contributed by atoms with Crippen LogP contribution in [0.5, 0.6) is 5.75 Å². The summed E-state index contributed by atoms with van der Waals surface area (Å²) in [6.07, 6.45) is 0.902. The number of hydrogen-bond acceptors (Lipinski definition) is 3. The average molecular weight is 469 g/mol. The summed E-state index contributed by atoms with van der Waals surface area (Å²) in [6, 6.07) is 18.2. The van der Waals surface area contributed by atoms with Crippen molar-refractivity contribution in [2.75, 3.05) is 27.3 Å². The predicted molar refractivity (Wildman–Crippen MR) is 117 cm³/mol. The van der Waals surface area contributed by atoms with Crippen LogP contribution < -0.4 is 15.4 Å². The molecule has 0 atom stereocenters. The highest BCUT2D eigenvalue weighted by atomic mass is 127. The Morgan fingerprint density at radius 2 is 1.77 bits per heavy atom. The van der Waals surface area contributed by atoms with Crippen molar-refractivity contribution >= 4 is 29.9 Å². The van der Waals surface area contributed by atoms with Crippen molar-refractivity contribution in [1.29, 1.82) is 0 Å². The number of hydrogen-bond donors (Lipinski definition) is 2. The number of para-hydroxylation sites is 1. The minimum Gasteiger partial charge on any atom is -0.494 e. The molecule has 2 rings (SSSR count). The van der Waals surface area contributed by atoms with E-state index in [2.05, 4.69) is 33.8 Å². The number of benzene rings is 2. The highest BCUT2D eigenvalue weighted by Crippen LogP contribution is 2.08. The molecule has 26 heavy (non-hydrogen) atoms. The average Bonchev–Trinajstić information content (AvgIpc) is 2.65. The summed E-state index contributed by atoms with van der Waals surface area (Å²) in [5.74, 6) is 1.69. The Hall–Kier alpha value is -1.80. The monoisotopic (exact) mass is 469 g/mol. The van der Waals surface area contributed by atoms with Crippen LogP contribution in [0.2, 0.25) is 0 Å². The lowest BCUT2D eigenvalue weighted by Gasteiger charge is -2.13. The van der Waals surface area contributed by atoms with Crippen LogP contribution in [-0.4, -0.2) is 33.3 Å². The number of halogens is 1. The topological polar surface area (TPSA) is 54.9 Å². The molecular formula is C20H28IN3O2. The quantitative estimate of drug-likeness (QED) is 0.255. The van der Waals surface area contributed by atoms with E-state index in [-0.39, 0.29) is 24.0 Å². The fraction of sp³-hybridized carbons (Fsp3) is 0.350. The number of nitrogens with zero attached hydrogens (tertiary/aromatic N) is 1. The van der Waals surface area contributed by atoms with Gasteiger partial charge in [0.05, 0.1) is 13.2 Å². The van der Waals surface area contributed by atoms with Gasteiger partial charge in [0.1, 0.15) is 5.75 Å². The van der Waals surface area contributed by atoms with Crippen molar-refractivity contribution in [3.05, 3.63) is 65.7 Å². The van der Waals surface area contributed by atoms with Crippen molar-refractivity contribution < 1.29 is 9.47 Å². The molecule has 142 valence electrons. The van der Waals surface area contributed by atoms with E-state index in [9.17, 15) is 0 Å². The first-order valence-corrected chi connectivity index (χ1v) is 8.51. The van der Waals surface area contributed by atoms with Gasteiger partial charge in [-0.2, -0.15) is 0 Å². The van der Waals surface area contributed by atoms with Gasteiger partial charge in [-0.05, 0) is 29.7 Å². The van der Waals surface area contributed by atoms with E-state index in [4.69, 9.17) is 9.47 Å². The minimum atomic E-state index is 0. The highest BCUT2D eigenvalue weighted by Gasteiger charge is 2.00. The Bertz CT molecular complexity index is 651. The fourth-order valence-electron chi connectivity index (χ4n) is 2.39. The van der Waals surface area contributed by atoms with Gasteiger partial charge in [-0.25, -0.2) is 0 Å². The SMILES string of the molecule is CN=C(NCCCOc1ccccc1)NCc1cccc(COC)c1.I. The Kier molecular flexibility index (Phi) is 11.5. The Morgan fingerprint density at radius 3 is 2.50 bits per heavy atom. The van der Waals surface area contributed by atoms with Gasteiger partial charge in [-0.3, -0.25) is 4.99 Å². The van der Waals surface area contributed by atoms with Crippen molar-refractivity contribution in [3.63, 3.8) is 0 Å². The molecule has 2 aromatic carbocycles. The van der Waals surface area contributed by atoms with Gasteiger partial charge >= 0.3 is 0 Å². The second-order valence-electron chi connectivity index (χ2n) is 5.62. The normalized spacial score (nSPS) is 10.8. The zero-order valence-corrected chi connectivity index (χ0v) is 17.7. The first kappa shape index (κ1) is 22.2. The number of methoxy groups -OCH3 is 1. The summed E-state index contributed by atoms with van der Waals surface area (Å²) in [5, 5.41) is 6.62.